The van der Waals surface area contributed by atoms with Crippen LogP contribution in [0.4, 0.5) is 16.3 Å². The molecule has 0 bridgehead atoms. The number of hydrogen-bond acceptors (Lipinski definition) is 6. The fourth-order valence-corrected chi connectivity index (χ4v) is 3.55. The second-order valence-corrected chi connectivity index (χ2v) is 9.84. The first-order valence-corrected chi connectivity index (χ1v) is 11.2. The van der Waals surface area contributed by atoms with Gasteiger partial charge in [-0.2, -0.15) is 5.10 Å². The van der Waals surface area contributed by atoms with Crippen LogP contribution in [0.1, 0.15) is 42.4 Å². The molecule has 0 fully saturated rings. The number of carbonyl (C=O) groups excluding carboxylic acids is 2. The van der Waals surface area contributed by atoms with Crippen LogP contribution < -0.4 is 10.0 Å². The standard InChI is InChI=1S/C19H25N5O5S/c1-19(2,3)29-18(26)24-10-9-14-15(11-24)21-22-16(14)20-17(25)12-5-7-13(8-6-12)23-30(4,27)28/h5-8,23H,9-11H2,1-4H3,(H2,20,21,22,25). The fraction of sp³-hybridized carbons (Fsp3) is 0.421. The molecule has 2 amide bonds. The Morgan fingerprint density at radius 1 is 1.20 bits per heavy atom. The van der Waals surface area contributed by atoms with Gasteiger partial charge in [0.05, 0.1) is 18.5 Å². The molecular formula is C19H25N5O5S. The molecular weight excluding hydrogens is 410 g/mol. The molecule has 30 heavy (non-hydrogen) atoms. The summed E-state index contributed by atoms with van der Waals surface area (Å²) in [6, 6.07) is 6.06. The van der Waals surface area contributed by atoms with Crippen LogP contribution >= 0.6 is 0 Å². The van der Waals surface area contributed by atoms with Crippen molar-refractivity contribution in [2.75, 3.05) is 22.8 Å². The zero-order chi connectivity index (χ0) is 22.1. The van der Waals surface area contributed by atoms with Gasteiger partial charge in [-0.3, -0.25) is 14.6 Å². The Morgan fingerprint density at radius 2 is 1.87 bits per heavy atom. The van der Waals surface area contributed by atoms with Crippen molar-refractivity contribution in [1.29, 1.82) is 0 Å². The van der Waals surface area contributed by atoms with Crippen LogP contribution in [-0.2, 0) is 27.7 Å². The number of fused-ring (bicyclic) bond motifs is 1. The number of anilines is 2. The van der Waals surface area contributed by atoms with Gasteiger partial charge < -0.3 is 15.0 Å². The lowest BCUT2D eigenvalue weighted by Gasteiger charge is -2.29. The Labute approximate surface area is 175 Å². The summed E-state index contributed by atoms with van der Waals surface area (Å²) in [5, 5.41) is 9.81. The van der Waals surface area contributed by atoms with E-state index in [2.05, 4.69) is 20.2 Å². The van der Waals surface area contributed by atoms with E-state index in [0.29, 0.717) is 36.6 Å². The number of benzene rings is 1. The number of sulfonamides is 1. The van der Waals surface area contributed by atoms with Gasteiger partial charge in [0.1, 0.15) is 5.60 Å². The molecule has 1 aromatic carbocycles. The quantitative estimate of drug-likeness (QED) is 0.675. The molecule has 0 spiro atoms. The van der Waals surface area contributed by atoms with E-state index in [9.17, 15) is 18.0 Å². The zero-order valence-electron chi connectivity index (χ0n) is 17.3. The minimum Gasteiger partial charge on any atom is -0.444 e. The van der Waals surface area contributed by atoms with Gasteiger partial charge in [0, 0.05) is 23.4 Å². The summed E-state index contributed by atoms with van der Waals surface area (Å²) in [4.78, 5) is 26.4. The summed E-state index contributed by atoms with van der Waals surface area (Å²) in [6.45, 7) is 6.21. The second-order valence-electron chi connectivity index (χ2n) is 8.09. The number of aromatic nitrogens is 2. The Morgan fingerprint density at radius 3 is 2.47 bits per heavy atom. The van der Waals surface area contributed by atoms with E-state index in [1.54, 1.807) is 4.90 Å². The Bertz CT molecular complexity index is 1050. The third-order valence-corrected chi connectivity index (χ3v) is 4.87. The van der Waals surface area contributed by atoms with Crippen LogP contribution in [0, 0.1) is 0 Å². The number of nitrogens with zero attached hydrogens (tertiary/aromatic N) is 2. The monoisotopic (exact) mass is 435 g/mol. The number of amides is 2. The lowest BCUT2D eigenvalue weighted by atomic mass is 10.1. The maximum atomic E-state index is 12.5. The number of carbonyl (C=O) groups is 2. The van der Waals surface area contributed by atoms with Crippen molar-refractivity contribution in [3.05, 3.63) is 41.1 Å². The molecule has 0 radical (unpaired) electrons. The van der Waals surface area contributed by atoms with Crippen LogP contribution in [0.2, 0.25) is 0 Å². The highest BCUT2D eigenvalue weighted by Gasteiger charge is 2.28. The Kier molecular flexibility index (Phi) is 5.75. The lowest BCUT2D eigenvalue weighted by molar-refractivity contribution is 0.0221. The van der Waals surface area contributed by atoms with Gasteiger partial charge in [0.25, 0.3) is 5.91 Å². The predicted molar refractivity (Wildman–Crippen MR) is 112 cm³/mol. The molecule has 0 unspecified atom stereocenters. The van der Waals surface area contributed by atoms with E-state index in [-0.39, 0.29) is 5.91 Å². The summed E-state index contributed by atoms with van der Waals surface area (Å²) in [7, 11) is -3.38. The minimum atomic E-state index is -3.38. The molecule has 2 heterocycles. The van der Waals surface area contributed by atoms with Gasteiger partial charge in [-0.1, -0.05) is 0 Å². The average molecular weight is 436 g/mol. The number of rotatable bonds is 4. The highest BCUT2D eigenvalue weighted by atomic mass is 32.2. The third kappa shape index (κ3) is 5.50. The lowest BCUT2D eigenvalue weighted by Crippen LogP contribution is -2.39. The Balaban J connectivity index is 1.66. The fourth-order valence-electron chi connectivity index (χ4n) is 2.99. The van der Waals surface area contributed by atoms with Crippen LogP contribution in [0.3, 0.4) is 0 Å². The second kappa shape index (κ2) is 7.98. The molecule has 0 aliphatic carbocycles. The molecule has 2 aromatic rings. The van der Waals surface area contributed by atoms with Gasteiger partial charge in [-0.05, 0) is 51.5 Å². The van der Waals surface area contributed by atoms with Crippen molar-refractivity contribution in [2.45, 2.75) is 39.3 Å². The van der Waals surface area contributed by atoms with Gasteiger partial charge >= 0.3 is 6.09 Å². The molecule has 0 saturated carbocycles. The van der Waals surface area contributed by atoms with E-state index in [4.69, 9.17) is 4.74 Å². The molecule has 3 rings (SSSR count). The summed E-state index contributed by atoms with van der Waals surface area (Å²) in [5.41, 5.74) is 1.75. The van der Waals surface area contributed by atoms with Gasteiger partial charge in [0.15, 0.2) is 5.82 Å². The third-order valence-electron chi connectivity index (χ3n) is 4.27. The van der Waals surface area contributed by atoms with E-state index < -0.39 is 21.7 Å². The van der Waals surface area contributed by atoms with Crippen LogP contribution in [0.5, 0.6) is 0 Å². The number of ether oxygens (including phenoxy) is 1. The van der Waals surface area contributed by atoms with Crippen molar-refractivity contribution < 1.29 is 22.7 Å². The Hall–Kier alpha value is -3.08. The molecule has 0 atom stereocenters. The van der Waals surface area contributed by atoms with Gasteiger partial charge in [0.2, 0.25) is 10.0 Å². The van der Waals surface area contributed by atoms with Crippen LogP contribution in [0.15, 0.2) is 24.3 Å². The summed E-state index contributed by atoms with van der Waals surface area (Å²) >= 11 is 0. The first-order chi connectivity index (χ1) is 13.9. The normalized spacial score (nSPS) is 14.1. The largest absolute Gasteiger partial charge is 0.444 e. The number of H-pyrrole nitrogens is 1. The molecule has 1 aliphatic heterocycles. The smallest absolute Gasteiger partial charge is 0.410 e. The van der Waals surface area contributed by atoms with Crippen LogP contribution in [0.25, 0.3) is 0 Å². The summed E-state index contributed by atoms with van der Waals surface area (Å²) < 4.78 is 30.3. The van der Waals surface area contributed by atoms with Crippen molar-refractivity contribution in [1.82, 2.24) is 15.1 Å². The van der Waals surface area contributed by atoms with Gasteiger partial charge in [-0.25, -0.2) is 13.2 Å². The number of hydrogen-bond donors (Lipinski definition) is 3. The predicted octanol–water partition coefficient (Wildman–Crippen LogP) is 2.33. The number of aromatic amines is 1. The topological polar surface area (TPSA) is 133 Å². The SMILES string of the molecule is CC(C)(C)OC(=O)N1CCc2c(NC(=O)c3ccc(NS(C)(=O)=O)cc3)n[nH]c2C1. The van der Waals surface area contributed by atoms with Crippen molar-refractivity contribution in [3.8, 4) is 0 Å². The minimum absolute atomic E-state index is 0.318. The number of nitrogens with one attached hydrogen (secondary N) is 3. The van der Waals surface area contributed by atoms with E-state index in [1.807, 2.05) is 20.8 Å². The molecule has 1 aliphatic rings. The first-order valence-electron chi connectivity index (χ1n) is 9.34. The molecule has 162 valence electrons. The summed E-state index contributed by atoms with van der Waals surface area (Å²) in [6.07, 6.45) is 1.19. The van der Waals surface area contributed by atoms with E-state index >= 15 is 0 Å². The van der Waals surface area contributed by atoms with E-state index in [0.717, 1.165) is 17.5 Å². The zero-order valence-corrected chi connectivity index (χ0v) is 18.1. The maximum absolute atomic E-state index is 12.5. The molecule has 0 saturated heterocycles. The van der Waals surface area contributed by atoms with Crippen molar-refractivity contribution >= 4 is 33.5 Å². The highest BCUT2D eigenvalue weighted by molar-refractivity contribution is 7.92. The molecule has 11 heteroatoms. The highest BCUT2D eigenvalue weighted by Crippen LogP contribution is 2.25. The van der Waals surface area contributed by atoms with Crippen molar-refractivity contribution in [3.63, 3.8) is 0 Å². The van der Waals surface area contributed by atoms with E-state index in [1.165, 1.54) is 24.3 Å². The molecule has 1 aromatic heterocycles. The van der Waals surface area contributed by atoms with Crippen LogP contribution in [-0.4, -0.2) is 53.9 Å². The van der Waals surface area contributed by atoms with Crippen molar-refractivity contribution in [2.24, 2.45) is 0 Å². The molecule has 10 nitrogen and oxygen atoms in total. The molecule has 3 N–H and O–H groups in total. The average Bonchev–Trinajstić information content (AvgIpc) is 3.01. The first kappa shape index (κ1) is 21.6. The van der Waals surface area contributed by atoms with Gasteiger partial charge in [-0.15, -0.1) is 0 Å². The maximum Gasteiger partial charge on any atom is 0.410 e. The summed E-state index contributed by atoms with van der Waals surface area (Å²) in [5.74, 6) is 0.0435.